The molecule has 7 heteroatoms. The molecular weight excluding hydrogens is 349 g/mol. The van der Waals surface area contributed by atoms with Gasteiger partial charge >= 0.3 is 0 Å². The SMILES string of the molecule is CCNC(=NCc1ccc(N(CC)CC)c(F)c1)NCc1ncc(C)s1. The Morgan fingerprint density at radius 1 is 1.23 bits per heavy atom. The Labute approximate surface area is 159 Å². The van der Waals surface area contributed by atoms with Crippen molar-refractivity contribution in [3.8, 4) is 0 Å². The van der Waals surface area contributed by atoms with Crippen LogP contribution in [0.25, 0.3) is 0 Å². The molecule has 142 valence electrons. The molecule has 1 aromatic carbocycles. The van der Waals surface area contributed by atoms with Gasteiger partial charge in [-0.15, -0.1) is 11.3 Å². The van der Waals surface area contributed by atoms with Crippen LogP contribution in [0.3, 0.4) is 0 Å². The van der Waals surface area contributed by atoms with Gasteiger partial charge < -0.3 is 15.5 Å². The Bertz CT molecular complexity index is 724. The van der Waals surface area contributed by atoms with Gasteiger partial charge in [-0.2, -0.15) is 0 Å². The smallest absolute Gasteiger partial charge is 0.191 e. The molecule has 0 saturated heterocycles. The average Bonchev–Trinajstić information content (AvgIpc) is 3.05. The van der Waals surface area contributed by atoms with E-state index in [4.69, 9.17) is 0 Å². The van der Waals surface area contributed by atoms with Gasteiger partial charge in [0.15, 0.2) is 5.96 Å². The zero-order chi connectivity index (χ0) is 18.9. The van der Waals surface area contributed by atoms with Crippen LogP contribution in [0.4, 0.5) is 10.1 Å². The fourth-order valence-corrected chi connectivity index (χ4v) is 3.35. The molecule has 1 aromatic heterocycles. The molecule has 0 saturated carbocycles. The number of aliphatic imine (C=N–C) groups is 1. The first-order chi connectivity index (χ1) is 12.6. The van der Waals surface area contributed by atoms with E-state index in [9.17, 15) is 4.39 Å². The van der Waals surface area contributed by atoms with Crippen molar-refractivity contribution in [2.45, 2.75) is 40.8 Å². The second-order valence-electron chi connectivity index (χ2n) is 5.87. The molecule has 0 unspecified atom stereocenters. The van der Waals surface area contributed by atoms with Crippen LogP contribution in [0.15, 0.2) is 29.4 Å². The molecule has 0 aliphatic heterocycles. The second-order valence-corrected chi connectivity index (χ2v) is 7.19. The van der Waals surface area contributed by atoms with Gasteiger partial charge in [0.2, 0.25) is 0 Å². The number of benzene rings is 1. The van der Waals surface area contributed by atoms with Crippen molar-refractivity contribution in [2.75, 3.05) is 24.5 Å². The van der Waals surface area contributed by atoms with E-state index < -0.39 is 0 Å². The lowest BCUT2D eigenvalue weighted by Gasteiger charge is -2.21. The third-order valence-electron chi connectivity index (χ3n) is 3.96. The fourth-order valence-electron chi connectivity index (χ4n) is 2.62. The molecule has 5 nitrogen and oxygen atoms in total. The summed E-state index contributed by atoms with van der Waals surface area (Å²) in [6, 6.07) is 5.35. The van der Waals surface area contributed by atoms with Gasteiger partial charge in [0.1, 0.15) is 10.8 Å². The maximum absolute atomic E-state index is 14.4. The summed E-state index contributed by atoms with van der Waals surface area (Å²) >= 11 is 1.66. The lowest BCUT2D eigenvalue weighted by atomic mass is 10.2. The lowest BCUT2D eigenvalue weighted by molar-refractivity contribution is 0.617. The summed E-state index contributed by atoms with van der Waals surface area (Å²) in [4.78, 5) is 12.1. The van der Waals surface area contributed by atoms with Crippen LogP contribution in [0.2, 0.25) is 0 Å². The second kappa shape index (κ2) is 10.1. The molecule has 2 rings (SSSR count). The number of rotatable bonds is 8. The highest BCUT2D eigenvalue weighted by Gasteiger charge is 2.09. The maximum Gasteiger partial charge on any atom is 0.191 e. The molecule has 0 fully saturated rings. The first-order valence-electron chi connectivity index (χ1n) is 9.04. The largest absolute Gasteiger partial charge is 0.370 e. The number of anilines is 1. The molecule has 0 bridgehead atoms. The first-order valence-corrected chi connectivity index (χ1v) is 9.85. The molecule has 0 spiro atoms. The minimum atomic E-state index is -0.197. The molecule has 2 N–H and O–H groups in total. The summed E-state index contributed by atoms with van der Waals surface area (Å²) in [6.45, 7) is 11.5. The number of guanidine groups is 1. The van der Waals surface area contributed by atoms with E-state index in [0.29, 0.717) is 24.7 Å². The molecule has 2 aromatic rings. The predicted octanol–water partition coefficient (Wildman–Crippen LogP) is 3.69. The molecule has 0 aliphatic rings. The Hall–Kier alpha value is -2.15. The Morgan fingerprint density at radius 3 is 2.58 bits per heavy atom. The molecule has 26 heavy (non-hydrogen) atoms. The van der Waals surface area contributed by atoms with Gasteiger partial charge in [0.05, 0.1) is 18.8 Å². The molecule has 0 radical (unpaired) electrons. The van der Waals surface area contributed by atoms with E-state index in [1.54, 1.807) is 17.4 Å². The Kier molecular flexibility index (Phi) is 7.84. The van der Waals surface area contributed by atoms with Crippen molar-refractivity contribution in [3.63, 3.8) is 0 Å². The molecule has 0 amide bonds. The van der Waals surface area contributed by atoms with Gasteiger partial charge in [-0.3, -0.25) is 0 Å². The van der Waals surface area contributed by atoms with Gasteiger partial charge in [-0.25, -0.2) is 14.4 Å². The average molecular weight is 378 g/mol. The van der Waals surface area contributed by atoms with Gasteiger partial charge in [-0.05, 0) is 45.4 Å². The highest BCUT2D eigenvalue weighted by Crippen LogP contribution is 2.20. The number of aryl methyl sites for hydroxylation is 1. The third kappa shape index (κ3) is 5.69. The Balaban J connectivity index is 2.02. The Morgan fingerprint density at radius 2 is 2.00 bits per heavy atom. The number of nitrogens with zero attached hydrogens (tertiary/aromatic N) is 3. The van der Waals surface area contributed by atoms with Crippen molar-refractivity contribution < 1.29 is 4.39 Å². The summed E-state index contributed by atoms with van der Waals surface area (Å²) in [5, 5.41) is 7.49. The predicted molar refractivity (Wildman–Crippen MR) is 108 cm³/mol. The van der Waals surface area contributed by atoms with Crippen molar-refractivity contribution in [3.05, 3.63) is 45.7 Å². The van der Waals surface area contributed by atoms with E-state index in [1.807, 2.05) is 50.9 Å². The zero-order valence-electron chi connectivity index (χ0n) is 16.0. The quantitative estimate of drug-likeness (QED) is 0.544. The molecule has 0 aliphatic carbocycles. The van der Waals surface area contributed by atoms with Crippen molar-refractivity contribution in [1.82, 2.24) is 15.6 Å². The number of thiazole rings is 1. The molecule has 0 atom stereocenters. The number of hydrogen-bond donors (Lipinski definition) is 2. The van der Waals surface area contributed by atoms with Gasteiger partial charge in [0.25, 0.3) is 0 Å². The van der Waals surface area contributed by atoms with E-state index in [1.165, 1.54) is 4.88 Å². The summed E-state index contributed by atoms with van der Waals surface area (Å²) in [5.41, 5.74) is 1.49. The fraction of sp³-hybridized carbons (Fsp3) is 0.474. The number of halogens is 1. The van der Waals surface area contributed by atoms with Crippen molar-refractivity contribution in [2.24, 2.45) is 4.99 Å². The summed E-state index contributed by atoms with van der Waals surface area (Å²) in [5.74, 6) is 0.506. The van der Waals surface area contributed by atoms with Crippen LogP contribution >= 0.6 is 11.3 Å². The monoisotopic (exact) mass is 377 g/mol. The highest BCUT2D eigenvalue weighted by atomic mass is 32.1. The van der Waals surface area contributed by atoms with E-state index in [-0.39, 0.29) is 5.82 Å². The standard InChI is InChI=1S/C19H28FN5S/c1-5-21-19(24-13-18-22-11-14(4)26-18)23-12-15-8-9-17(16(20)10-15)25(6-2)7-3/h8-11H,5-7,12-13H2,1-4H3,(H2,21,23,24). The summed E-state index contributed by atoms with van der Waals surface area (Å²) in [6.07, 6.45) is 1.87. The van der Waals surface area contributed by atoms with Crippen LogP contribution in [0.1, 0.15) is 36.2 Å². The van der Waals surface area contributed by atoms with E-state index in [0.717, 1.165) is 30.2 Å². The van der Waals surface area contributed by atoms with Gasteiger partial charge in [-0.1, -0.05) is 6.07 Å². The number of aromatic nitrogens is 1. The lowest BCUT2D eigenvalue weighted by Crippen LogP contribution is -2.36. The zero-order valence-corrected chi connectivity index (χ0v) is 16.8. The van der Waals surface area contributed by atoms with Crippen LogP contribution in [0.5, 0.6) is 0 Å². The van der Waals surface area contributed by atoms with E-state index in [2.05, 4.69) is 20.6 Å². The van der Waals surface area contributed by atoms with Crippen LogP contribution in [-0.4, -0.2) is 30.6 Å². The number of hydrogen-bond acceptors (Lipinski definition) is 4. The van der Waals surface area contributed by atoms with Crippen LogP contribution in [-0.2, 0) is 13.1 Å². The summed E-state index contributed by atoms with van der Waals surface area (Å²) < 4.78 is 14.4. The minimum Gasteiger partial charge on any atom is -0.370 e. The minimum absolute atomic E-state index is 0.197. The highest BCUT2D eigenvalue weighted by molar-refractivity contribution is 7.11. The van der Waals surface area contributed by atoms with Gasteiger partial charge in [0, 0.05) is 30.7 Å². The van der Waals surface area contributed by atoms with Crippen LogP contribution in [0, 0.1) is 12.7 Å². The normalized spacial score (nSPS) is 11.5. The van der Waals surface area contributed by atoms with E-state index >= 15 is 0 Å². The maximum atomic E-state index is 14.4. The topological polar surface area (TPSA) is 52.6 Å². The van der Waals surface area contributed by atoms with Crippen molar-refractivity contribution >= 4 is 23.0 Å². The number of nitrogens with one attached hydrogen (secondary N) is 2. The van der Waals surface area contributed by atoms with Crippen molar-refractivity contribution in [1.29, 1.82) is 0 Å². The first kappa shape index (κ1) is 20.2. The summed E-state index contributed by atoms with van der Waals surface area (Å²) in [7, 11) is 0. The molecular formula is C19H28FN5S. The third-order valence-corrected chi connectivity index (χ3v) is 4.87. The van der Waals surface area contributed by atoms with Crippen LogP contribution < -0.4 is 15.5 Å². The molecule has 1 heterocycles.